The molecule has 0 fully saturated rings. The number of halogens is 2. The van der Waals surface area contributed by atoms with Gasteiger partial charge in [-0.25, -0.2) is 9.07 Å². The number of allylic oxidation sites excluding steroid dienone is 1. The molecule has 1 aromatic carbocycles. The minimum atomic E-state index is -0.645. The third-order valence-electron chi connectivity index (χ3n) is 4.23. The Morgan fingerprint density at radius 1 is 1.33 bits per heavy atom. The second-order valence-corrected chi connectivity index (χ2v) is 6.58. The monoisotopic (exact) mass is 391 g/mol. The van der Waals surface area contributed by atoms with E-state index in [0.717, 1.165) is 11.8 Å². The molecule has 0 bridgehead atoms. The quantitative estimate of drug-likeness (QED) is 0.747. The molecular weight excluding hydrogens is 373 g/mol. The molecule has 1 aliphatic rings. The van der Waals surface area contributed by atoms with Crippen molar-refractivity contribution in [3.05, 3.63) is 57.6 Å². The fourth-order valence-corrected chi connectivity index (χ4v) is 3.07. The van der Waals surface area contributed by atoms with Crippen LogP contribution in [0.2, 0.25) is 5.02 Å². The molecule has 142 valence electrons. The smallest absolute Gasteiger partial charge is 0.256 e. The fourth-order valence-electron chi connectivity index (χ4n) is 2.89. The van der Waals surface area contributed by atoms with E-state index in [2.05, 4.69) is 21.0 Å². The summed E-state index contributed by atoms with van der Waals surface area (Å²) in [6.07, 6.45) is -0.0432. The molecule has 2 aromatic rings. The number of hydrogen-bond acceptors (Lipinski definition) is 4. The highest BCUT2D eigenvalue weighted by atomic mass is 35.5. The molecule has 2 amide bonds. The Kier molecular flexibility index (Phi) is 5.18. The standard InChI is InChI=1S/C18H19ClFN5O2/c1-4-12-10(3)21-18(23-17(12)27)25-15(7-9(2)24-25)22-16(26)11-5-6-14(20)13(19)8-11/h5-8,18,21H,4H2,1-3H3,(H,22,26)(H,23,27). The molecular formula is C18H19ClFN5O2. The molecule has 0 aliphatic carbocycles. The normalized spacial score (nSPS) is 16.8. The summed E-state index contributed by atoms with van der Waals surface area (Å²) in [5.41, 5.74) is 2.28. The van der Waals surface area contributed by atoms with Crippen LogP contribution in [0.4, 0.5) is 10.2 Å². The van der Waals surface area contributed by atoms with Gasteiger partial charge in [-0.1, -0.05) is 18.5 Å². The molecule has 3 rings (SSSR count). The number of aryl methyl sites for hydroxylation is 1. The molecule has 1 aliphatic heterocycles. The molecule has 27 heavy (non-hydrogen) atoms. The Balaban J connectivity index is 1.86. The molecule has 0 saturated carbocycles. The maximum atomic E-state index is 13.3. The number of aromatic nitrogens is 2. The summed E-state index contributed by atoms with van der Waals surface area (Å²) in [4.78, 5) is 24.8. The number of hydrogen-bond donors (Lipinski definition) is 3. The molecule has 0 saturated heterocycles. The van der Waals surface area contributed by atoms with Gasteiger partial charge in [0.2, 0.25) is 0 Å². The number of rotatable bonds is 4. The number of nitrogens with one attached hydrogen (secondary N) is 3. The van der Waals surface area contributed by atoms with Crippen molar-refractivity contribution >= 4 is 29.2 Å². The number of nitrogens with zero attached hydrogens (tertiary/aromatic N) is 2. The molecule has 0 radical (unpaired) electrons. The lowest BCUT2D eigenvalue weighted by atomic mass is 10.1. The van der Waals surface area contributed by atoms with Crippen molar-refractivity contribution in [1.82, 2.24) is 20.4 Å². The van der Waals surface area contributed by atoms with Gasteiger partial charge in [0, 0.05) is 22.9 Å². The first-order valence-corrected chi connectivity index (χ1v) is 8.77. The second-order valence-electron chi connectivity index (χ2n) is 6.18. The van der Waals surface area contributed by atoms with Crippen molar-refractivity contribution in [3.63, 3.8) is 0 Å². The van der Waals surface area contributed by atoms with E-state index in [1.54, 1.807) is 13.0 Å². The van der Waals surface area contributed by atoms with E-state index >= 15 is 0 Å². The van der Waals surface area contributed by atoms with Gasteiger partial charge in [-0.05, 0) is 38.5 Å². The van der Waals surface area contributed by atoms with E-state index in [1.165, 1.54) is 16.8 Å². The van der Waals surface area contributed by atoms with Gasteiger partial charge in [0.15, 0.2) is 6.29 Å². The highest BCUT2D eigenvalue weighted by Crippen LogP contribution is 2.22. The molecule has 3 N–H and O–H groups in total. The van der Waals surface area contributed by atoms with Crippen LogP contribution in [0.25, 0.3) is 0 Å². The van der Waals surface area contributed by atoms with Gasteiger partial charge >= 0.3 is 0 Å². The van der Waals surface area contributed by atoms with E-state index in [1.807, 2.05) is 13.8 Å². The van der Waals surface area contributed by atoms with Crippen molar-refractivity contribution in [1.29, 1.82) is 0 Å². The minimum absolute atomic E-state index is 0.138. The Labute approximate surface area is 160 Å². The van der Waals surface area contributed by atoms with Crippen LogP contribution in [0.15, 0.2) is 35.5 Å². The summed E-state index contributed by atoms with van der Waals surface area (Å²) in [5, 5.41) is 12.9. The zero-order valence-corrected chi connectivity index (χ0v) is 15.8. The second kappa shape index (κ2) is 7.40. The highest BCUT2D eigenvalue weighted by Gasteiger charge is 2.26. The molecule has 9 heteroatoms. The number of amides is 2. The predicted octanol–water partition coefficient (Wildman–Crippen LogP) is 3.10. The summed E-state index contributed by atoms with van der Waals surface area (Å²) in [6.45, 7) is 5.49. The van der Waals surface area contributed by atoms with E-state index in [9.17, 15) is 14.0 Å². The average molecular weight is 392 g/mol. The molecule has 1 aromatic heterocycles. The van der Waals surface area contributed by atoms with Crippen LogP contribution in [-0.2, 0) is 4.79 Å². The van der Waals surface area contributed by atoms with E-state index < -0.39 is 18.0 Å². The van der Waals surface area contributed by atoms with Crippen LogP contribution in [-0.4, -0.2) is 21.6 Å². The van der Waals surface area contributed by atoms with Crippen LogP contribution in [0.3, 0.4) is 0 Å². The Bertz CT molecular complexity index is 953. The summed E-state index contributed by atoms with van der Waals surface area (Å²) < 4.78 is 14.8. The molecule has 2 heterocycles. The van der Waals surface area contributed by atoms with Gasteiger partial charge in [0.1, 0.15) is 11.6 Å². The van der Waals surface area contributed by atoms with Crippen LogP contribution < -0.4 is 16.0 Å². The van der Waals surface area contributed by atoms with Crippen LogP contribution >= 0.6 is 11.6 Å². The van der Waals surface area contributed by atoms with Crippen LogP contribution in [0.5, 0.6) is 0 Å². The lowest BCUT2D eigenvalue weighted by Gasteiger charge is -2.29. The van der Waals surface area contributed by atoms with Crippen molar-refractivity contribution in [2.75, 3.05) is 5.32 Å². The molecule has 1 unspecified atom stereocenters. The van der Waals surface area contributed by atoms with Gasteiger partial charge in [-0.3, -0.25) is 9.59 Å². The van der Waals surface area contributed by atoms with E-state index in [0.29, 0.717) is 23.5 Å². The summed E-state index contributed by atoms with van der Waals surface area (Å²) in [5.74, 6) is -0.878. The summed E-state index contributed by atoms with van der Waals surface area (Å²) >= 11 is 5.74. The summed E-state index contributed by atoms with van der Waals surface area (Å²) in [7, 11) is 0. The zero-order chi connectivity index (χ0) is 19.7. The number of carbonyl (C=O) groups excluding carboxylic acids is 2. The lowest BCUT2D eigenvalue weighted by molar-refractivity contribution is -0.120. The Morgan fingerprint density at radius 2 is 2.07 bits per heavy atom. The van der Waals surface area contributed by atoms with Crippen molar-refractivity contribution in [3.8, 4) is 0 Å². The van der Waals surface area contributed by atoms with Gasteiger partial charge in [0.05, 0.1) is 10.7 Å². The predicted molar refractivity (Wildman–Crippen MR) is 99.6 cm³/mol. The Morgan fingerprint density at radius 3 is 2.70 bits per heavy atom. The molecule has 1 atom stereocenters. The van der Waals surface area contributed by atoms with E-state index in [-0.39, 0.29) is 16.5 Å². The fraction of sp³-hybridized carbons (Fsp3) is 0.278. The number of carbonyl (C=O) groups is 2. The maximum absolute atomic E-state index is 13.3. The Hall–Kier alpha value is -2.87. The average Bonchev–Trinajstić information content (AvgIpc) is 2.97. The third-order valence-corrected chi connectivity index (χ3v) is 4.52. The maximum Gasteiger partial charge on any atom is 0.256 e. The van der Waals surface area contributed by atoms with Gasteiger partial charge in [0.25, 0.3) is 11.8 Å². The first-order chi connectivity index (χ1) is 12.8. The molecule has 0 spiro atoms. The number of benzene rings is 1. The van der Waals surface area contributed by atoms with Crippen molar-refractivity contribution < 1.29 is 14.0 Å². The third kappa shape index (κ3) is 3.80. The highest BCUT2D eigenvalue weighted by molar-refractivity contribution is 6.31. The minimum Gasteiger partial charge on any atom is -0.350 e. The zero-order valence-electron chi connectivity index (χ0n) is 15.1. The first-order valence-electron chi connectivity index (χ1n) is 8.40. The van der Waals surface area contributed by atoms with E-state index in [4.69, 9.17) is 11.6 Å². The van der Waals surface area contributed by atoms with Crippen molar-refractivity contribution in [2.45, 2.75) is 33.5 Å². The van der Waals surface area contributed by atoms with Crippen molar-refractivity contribution in [2.24, 2.45) is 0 Å². The SMILES string of the molecule is CCC1=C(C)NC(n2nc(C)cc2NC(=O)c2ccc(F)c(Cl)c2)NC1=O. The summed E-state index contributed by atoms with van der Waals surface area (Å²) in [6, 6.07) is 5.39. The van der Waals surface area contributed by atoms with Gasteiger partial charge in [-0.15, -0.1) is 0 Å². The van der Waals surface area contributed by atoms with Gasteiger partial charge < -0.3 is 16.0 Å². The largest absolute Gasteiger partial charge is 0.350 e. The van der Waals surface area contributed by atoms with Crippen LogP contribution in [0.1, 0.15) is 42.6 Å². The van der Waals surface area contributed by atoms with Crippen LogP contribution in [0, 0.1) is 12.7 Å². The number of anilines is 1. The topological polar surface area (TPSA) is 88.1 Å². The lowest BCUT2D eigenvalue weighted by Crippen LogP contribution is -2.47. The van der Waals surface area contributed by atoms with Gasteiger partial charge in [-0.2, -0.15) is 5.10 Å². The first kappa shape index (κ1) is 18.9. The molecule has 7 nitrogen and oxygen atoms in total.